The van der Waals surface area contributed by atoms with Crippen molar-refractivity contribution < 1.29 is 9.16 Å². The van der Waals surface area contributed by atoms with Crippen LogP contribution < -0.4 is 10.1 Å². The molecule has 1 heterocycles. The highest BCUT2D eigenvalue weighted by molar-refractivity contribution is 7.80. The highest BCUT2D eigenvalue weighted by Crippen LogP contribution is 2.46. The van der Waals surface area contributed by atoms with Gasteiger partial charge in [-0.2, -0.15) is 5.26 Å². The molecular weight excluding hydrogens is 360 g/mol. The van der Waals surface area contributed by atoms with Crippen molar-refractivity contribution in [2.24, 2.45) is 0 Å². The summed E-state index contributed by atoms with van der Waals surface area (Å²) in [6.45, 7) is 17.1. The van der Waals surface area contributed by atoms with Crippen molar-refractivity contribution in [2.45, 2.75) is 77.4 Å². The maximum atomic E-state index is 9.31. The number of rotatable bonds is 3. The second kappa shape index (κ2) is 6.95. The lowest BCUT2D eigenvalue weighted by atomic mass is 9.86. The first-order chi connectivity index (χ1) is 11.8. The monoisotopic (exact) mass is 390 g/mol. The minimum atomic E-state index is -2.05. The van der Waals surface area contributed by atoms with E-state index in [0.717, 1.165) is 11.3 Å². The molecule has 2 unspecified atom stereocenters. The van der Waals surface area contributed by atoms with Gasteiger partial charge in [-0.05, 0) is 57.1 Å². The van der Waals surface area contributed by atoms with Gasteiger partial charge in [0.05, 0.1) is 22.7 Å². The van der Waals surface area contributed by atoms with Gasteiger partial charge in [0.1, 0.15) is 17.5 Å². The van der Waals surface area contributed by atoms with E-state index < -0.39 is 13.9 Å². The Labute approximate surface area is 164 Å². The smallest absolute Gasteiger partial charge is 0.192 e. The Balaban J connectivity index is 2.56. The molecule has 1 N–H and O–H groups in total. The second-order valence-corrected chi connectivity index (χ2v) is 14.4. The normalized spacial score (nSPS) is 22.0. The first-order valence-electron chi connectivity index (χ1n) is 8.96. The Bertz CT molecular complexity index is 747. The average molecular weight is 391 g/mol. The standard InChI is InChI=1S/C20H30N2O2SSi/c1-13(25)22-17-15-11-14(12-21)9-10-16(15)23-20(5,6)18(17)24-26(7,8)19(2,3)4/h9-11,17-18H,1-8H3,(H,22,25). The molecule has 0 bridgehead atoms. The van der Waals surface area contributed by atoms with Gasteiger partial charge in [-0.1, -0.05) is 33.0 Å². The Kier molecular flexibility index (Phi) is 5.58. The number of nitriles is 1. The van der Waals surface area contributed by atoms with E-state index in [-0.39, 0.29) is 17.2 Å². The summed E-state index contributed by atoms with van der Waals surface area (Å²) in [7, 11) is -2.05. The van der Waals surface area contributed by atoms with E-state index in [1.807, 2.05) is 19.1 Å². The molecule has 1 aromatic carbocycles. The first-order valence-corrected chi connectivity index (χ1v) is 12.3. The van der Waals surface area contributed by atoms with Crippen LogP contribution in [0.3, 0.4) is 0 Å². The van der Waals surface area contributed by atoms with E-state index >= 15 is 0 Å². The minimum Gasteiger partial charge on any atom is -0.485 e. The largest absolute Gasteiger partial charge is 0.485 e. The molecule has 1 aliphatic heterocycles. The summed E-state index contributed by atoms with van der Waals surface area (Å²) in [5.74, 6) is 0.776. The predicted octanol–water partition coefficient (Wildman–Crippen LogP) is 5.10. The molecule has 142 valence electrons. The molecule has 0 radical (unpaired) electrons. The van der Waals surface area contributed by atoms with E-state index in [0.29, 0.717) is 10.6 Å². The molecule has 26 heavy (non-hydrogen) atoms. The van der Waals surface area contributed by atoms with Crippen LogP contribution in [0.4, 0.5) is 0 Å². The van der Waals surface area contributed by atoms with E-state index in [4.69, 9.17) is 21.4 Å². The SMILES string of the molecule is CC(=S)NC1c2cc(C#N)ccc2OC(C)(C)C1O[Si](C)(C)C(C)(C)C. The summed E-state index contributed by atoms with van der Waals surface area (Å²) in [6.07, 6.45) is -0.220. The van der Waals surface area contributed by atoms with Crippen molar-refractivity contribution >= 4 is 25.5 Å². The lowest BCUT2D eigenvalue weighted by Gasteiger charge is -2.50. The van der Waals surface area contributed by atoms with Crippen LogP contribution in [-0.2, 0) is 4.43 Å². The third-order valence-corrected chi connectivity index (χ3v) is 9.99. The summed E-state index contributed by atoms with van der Waals surface area (Å²) in [5.41, 5.74) is 1.00. The van der Waals surface area contributed by atoms with Crippen molar-refractivity contribution in [1.29, 1.82) is 5.26 Å². The Morgan fingerprint density at radius 3 is 2.46 bits per heavy atom. The molecule has 6 heteroatoms. The van der Waals surface area contributed by atoms with Crippen molar-refractivity contribution in [3.63, 3.8) is 0 Å². The zero-order valence-corrected chi connectivity index (χ0v) is 18.9. The Hall–Kier alpha value is -1.42. The molecule has 4 nitrogen and oxygen atoms in total. The van der Waals surface area contributed by atoms with Crippen LogP contribution in [0.5, 0.6) is 5.75 Å². The maximum absolute atomic E-state index is 9.31. The van der Waals surface area contributed by atoms with Crippen molar-refractivity contribution in [2.75, 3.05) is 0 Å². The molecule has 1 aromatic rings. The van der Waals surface area contributed by atoms with E-state index in [9.17, 15) is 5.26 Å². The third kappa shape index (κ3) is 4.11. The molecule has 0 amide bonds. The van der Waals surface area contributed by atoms with Crippen LogP contribution in [0.1, 0.15) is 58.7 Å². The molecule has 1 aliphatic rings. The number of nitrogens with one attached hydrogen (secondary N) is 1. The van der Waals surface area contributed by atoms with Gasteiger partial charge in [0.2, 0.25) is 0 Å². The molecule has 2 atom stereocenters. The lowest BCUT2D eigenvalue weighted by Crippen LogP contribution is -2.59. The number of nitrogens with zero attached hydrogens (tertiary/aromatic N) is 1. The van der Waals surface area contributed by atoms with Crippen LogP contribution in [0.2, 0.25) is 18.1 Å². The molecular formula is C20H30N2O2SSi. The Morgan fingerprint density at radius 2 is 1.96 bits per heavy atom. The molecule has 0 aromatic heterocycles. The maximum Gasteiger partial charge on any atom is 0.192 e. The van der Waals surface area contributed by atoms with Gasteiger partial charge in [0, 0.05) is 5.56 Å². The molecule has 0 saturated carbocycles. The van der Waals surface area contributed by atoms with E-state index in [1.165, 1.54) is 0 Å². The molecule has 0 saturated heterocycles. The number of ether oxygens (including phenoxy) is 1. The molecule has 0 fully saturated rings. The fraction of sp³-hybridized carbons (Fsp3) is 0.600. The fourth-order valence-electron chi connectivity index (χ4n) is 2.94. The zero-order valence-electron chi connectivity index (χ0n) is 17.1. The van der Waals surface area contributed by atoms with Crippen LogP contribution in [0.15, 0.2) is 18.2 Å². The second-order valence-electron chi connectivity index (χ2n) is 9.05. The van der Waals surface area contributed by atoms with Gasteiger partial charge in [-0.15, -0.1) is 0 Å². The van der Waals surface area contributed by atoms with Gasteiger partial charge in [-0.25, -0.2) is 0 Å². The number of thiocarbonyl (C=S) groups is 1. The summed E-state index contributed by atoms with van der Waals surface area (Å²) < 4.78 is 13.1. The van der Waals surface area contributed by atoms with Gasteiger partial charge < -0.3 is 14.5 Å². The molecule has 2 rings (SSSR count). The number of hydrogen-bond donors (Lipinski definition) is 1. The minimum absolute atomic E-state index is 0.0785. The predicted molar refractivity (Wildman–Crippen MR) is 112 cm³/mol. The van der Waals surface area contributed by atoms with Crippen LogP contribution in [-0.4, -0.2) is 25.0 Å². The van der Waals surface area contributed by atoms with Crippen molar-refractivity contribution in [1.82, 2.24) is 5.32 Å². The highest BCUT2D eigenvalue weighted by Gasteiger charge is 2.50. The highest BCUT2D eigenvalue weighted by atomic mass is 32.1. The summed E-state index contributed by atoms with van der Waals surface area (Å²) in [5, 5.41) is 12.8. The van der Waals surface area contributed by atoms with Gasteiger partial charge in [-0.3, -0.25) is 0 Å². The average Bonchev–Trinajstić information content (AvgIpc) is 2.48. The fourth-order valence-corrected chi connectivity index (χ4v) is 4.47. The summed E-state index contributed by atoms with van der Waals surface area (Å²) in [6, 6.07) is 7.58. The topological polar surface area (TPSA) is 54.3 Å². The third-order valence-electron chi connectivity index (χ3n) is 5.42. The van der Waals surface area contributed by atoms with Crippen LogP contribution >= 0.6 is 12.2 Å². The van der Waals surface area contributed by atoms with Crippen LogP contribution in [0, 0.1) is 11.3 Å². The number of hydrogen-bond acceptors (Lipinski definition) is 4. The Morgan fingerprint density at radius 1 is 1.35 bits per heavy atom. The molecule has 0 aliphatic carbocycles. The van der Waals surface area contributed by atoms with Gasteiger partial charge in [0.25, 0.3) is 0 Å². The number of fused-ring (bicyclic) bond motifs is 1. The quantitative estimate of drug-likeness (QED) is 0.575. The van der Waals surface area contributed by atoms with E-state index in [1.54, 1.807) is 6.07 Å². The van der Waals surface area contributed by atoms with Crippen LogP contribution in [0.25, 0.3) is 0 Å². The van der Waals surface area contributed by atoms with Gasteiger partial charge >= 0.3 is 0 Å². The van der Waals surface area contributed by atoms with E-state index in [2.05, 4.69) is 59.1 Å². The van der Waals surface area contributed by atoms with Crippen molar-refractivity contribution in [3.8, 4) is 11.8 Å². The molecule has 0 spiro atoms. The number of benzene rings is 1. The van der Waals surface area contributed by atoms with Gasteiger partial charge in [0.15, 0.2) is 8.32 Å². The lowest BCUT2D eigenvalue weighted by molar-refractivity contribution is -0.0531. The summed E-state index contributed by atoms with van der Waals surface area (Å²) >= 11 is 5.35. The summed E-state index contributed by atoms with van der Waals surface area (Å²) in [4.78, 5) is 0.699. The first kappa shape index (κ1) is 20.9. The van der Waals surface area contributed by atoms with Crippen molar-refractivity contribution in [3.05, 3.63) is 29.3 Å². The zero-order chi connectivity index (χ0) is 19.9.